The molecular weight excluding hydrogens is 406 g/mol. The third-order valence-corrected chi connectivity index (χ3v) is 2.94. The van der Waals surface area contributed by atoms with Gasteiger partial charge in [-0.1, -0.05) is 24.3 Å². The third-order valence-electron chi connectivity index (χ3n) is 2.94. The summed E-state index contributed by atoms with van der Waals surface area (Å²) in [5.41, 5.74) is 0.815. The minimum Gasteiger partial charge on any atom is -0.497 e. The maximum atomic E-state index is 10.9. The summed E-state index contributed by atoms with van der Waals surface area (Å²) in [7, 11) is -7.65. The van der Waals surface area contributed by atoms with E-state index >= 15 is 0 Å². The molecule has 1 atom stereocenters. The highest BCUT2D eigenvalue weighted by atomic mass is 31.2. The predicted octanol–water partition coefficient (Wildman–Crippen LogP) is 1.18. The molecular formula is C14H20O11P2. The van der Waals surface area contributed by atoms with E-state index in [0.29, 0.717) is 0 Å². The first kappa shape index (κ1) is 25.2. The van der Waals surface area contributed by atoms with Gasteiger partial charge in [0.15, 0.2) is 0 Å². The molecule has 0 aromatic heterocycles. The topological polar surface area (TPSA) is 202 Å². The van der Waals surface area contributed by atoms with E-state index < -0.39 is 27.5 Å². The van der Waals surface area contributed by atoms with Crippen molar-refractivity contribution in [3.8, 4) is 5.75 Å². The molecule has 0 aliphatic heterocycles. The Bertz CT molecular complexity index is 819. The molecule has 7 N–H and O–H groups in total. The van der Waals surface area contributed by atoms with E-state index in [4.69, 9.17) is 48.3 Å². The molecule has 0 bridgehead atoms. The third kappa shape index (κ3) is 13.1. The molecule has 27 heavy (non-hydrogen) atoms. The molecule has 11 nitrogen and oxygen atoms in total. The van der Waals surface area contributed by atoms with Crippen LogP contribution in [0.25, 0.3) is 10.8 Å². The van der Waals surface area contributed by atoms with Crippen LogP contribution in [0.3, 0.4) is 0 Å². The first-order valence-corrected chi connectivity index (χ1v) is 10.1. The lowest BCUT2D eigenvalue weighted by molar-refractivity contribution is -0.138. The maximum absolute atomic E-state index is 10.9. The highest BCUT2D eigenvalue weighted by molar-refractivity contribution is 7.45. The van der Waals surface area contributed by atoms with E-state index in [1.54, 1.807) is 14.0 Å². The zero-order valence-electron chi connectivity index (χ0n) is 14.2. The monoisotopic (exact) mass is 426 g/mol. The van der Waals surface area contributed by atoms with Crippen molar-refractivity contribution in [1.82, 2.24) is 0 Å². The lowest BCUT2D eigenvalue weighted by Crippen LogP contribution is -2.06. The van der Waals surface area contributed by atoms with E-state index in [1.165, 1.54) is 0 Å². The van der Waals surface area contributed by atoms with Crippen LogP contribution in [0.5, 0.6) is 5.75 Å². The van der Waals surface area contributed by atoms with Crippen LogP contribution in [-0.2, 0) is 13.9 Å². The summed E-state index contributed by atoms with van der Waals surface area (Å²) in [6.07, 6.45) is 0. The smallest absolute Gasteiger partial charge is 0.466 e. The van der Waals surface area contributed by atoms with Crippen molar-refractivity contribution < 1.29 is 53.1 Å². The Balaban J connectivity index is 0.000000563. The van der Waals surface area contributed by atoms with Gasteiger partial charge < -0.3 is 39.2 Å². The molecule has 0 aliphatic rings. The SMILES string of the molecule is COc1ccc2cc(C(C)C(=O)O)ccc2c1.O=P(O)(O)O.O=P(O)(O)O. The standard InChI is InChI=1S/C14H14O3.2H3O4P/c1-9(14(15)16)10-3-4-12-8-13(17-2)6-5-11(12)7-10;2*1-5(2,3)4/h3-9H,1-2H3,(H,15,16);2*(H3,1,2,3,4). The van der Waals surface area contributed by atoms with Gasteiger partial charge >= 0.3 is 21.6 Å². The molecule has 0 spiro atoms. The summed E-state index contributed by atoms with van der Waals surface area (Å²) < 4.78 is 22.9. The van der Waals surface area contributed by atoms with Crippen LogP contribution in [0.1, 0.15) is 18.4 Å². The van der Waals surface area contributed by atoms with E-state index in [1.807, 2.05) is 36.4 Å². The van der Waals surface area contributed by atoms with Gasteiger partial charge in [0.05, 0.1) is 13.0 Å². The average Bonchev–Trinajstić information content (AvgIpc) is 2.49. The molecule has 2 aromatic rings. The molecule has 2 aromatic carbocycles. The highest BCUT2D eigenvalue weighted by Crippen LogP contribution is 2.26. The number of carboxylic acid groups (broad SMARTS) is 1. The van der Waals surface area contributed by atoms with Crippen molar-refractivity contribution in [1.29, 1.82) is 0 Å². The summed E-state index contributed by atoms with van der Waals surface area (Å²) in [6.45, 7) is 1.69. The zero-order valence-corrected chi connectivity index (χ0v) is 16.0. The molecule has 0 heterocycles. The van der Waals surface area contributed by atoms with Crippen LogP contribution in [0, 0.1) is 0 Å². The maximum Gasteiger partial charge on any atom is 0.466 e. The normalized spacial score (nSPS) is 12.1. The first-order valence-electron chi connectivity index (χ1n) is 6.99. The van der Waals surface area contributed by atoms with Crippen LogP contribution < -0.4 is 4.74 Å². The fourth-order valence-corrected chi connectivity index (χ4v) is 1.78. The van der Waals surface area contributed by atoms with Crippen LogP contribution >= 0.6 is 15.6 Å². The number of carboxylic acids is 1. The number of hydrogen-bond donors (Lipinski definition) is 7. The van der Waals surface area contributed by atoms with E-state index in [2.05, 4.69) is 0 Å². The Kier molecular flexibility index (Phi) is 9.80. The van der Waals surface area contributed by atoms with Crippen molar-refractivity contribution in [2.45, 2.75) is 12.8 Å². The first-order chi connectivity index (χ1) is 12.1. The van der Waals surface area contributed by atoms with E-state index in [9.17, 15) is 4.79 Å². The second-order valence-corrected chi connectivity index (χ2v) is 7.11. The molecule has 0 saturated carbocycles. The quantitative estimate of drug-likeness (QED) is 0.347. The second-order valence-electron chi connectivity index (χ2n) is 5.06. The largest absolute Gasteiger partial charge is 0.497 e. The molecule has 0 amide bonds. The highest BCUT2D eigenvalue weighted by Gasteiger charge is 2.13. The second kappa shape index (κ2) is 10.5. The van der Waals surface area contributed by atoms with Gasteiger partial charge in [-0.25, -0.2) is 9.13 Å². The van der Waals surface area contributed by atoms with Gasteiger partial charge in [0.2, 0.25) is 0 Å². The van der Waals surface area contributed by atoms with E-state index in [0.717, 1.165) is 22.1 Å². The minimum absolute atomic E-state index is 0.485. The van der Waals surface area contributed by atoms with Crippen LogP contribution in [0.4, 0.5) is 0 Å². The molecule has 0 saturated heterocycles. The van der Waals surface area contributed by atoms with E-state index in [-0.39, 0.29) is 0 Å². The Morgan fingerprint density at radius 3 is 1.70 bits per heavy atom. The van der Waals surface area contributed by atoms with Gasteiger partial charge in [0, 0.05) is 0 Å². The molecule has 0 radical (unpaired) electrons. The summed E-state index contributed by atoms with van der Waals surface area (Å²) in [5.74, 6) is -0.490. The number of fused-ring (bicyclic) bond motifs is 1. The van der Waals surface area contributed by atoms with Crippen molar-refractivity contribution in [2.24, 2.45) is 0 Å². The predicted molar refractivity (Wildman–Crippen MR) is 95.1 cm³/mol. The Morgan fingerprint density at radius 1 is 0.889 bits per heavy atom. The number of benzene rings is 2. The Hall–Kier alpha value is -1.81. The fourth-order valence-electron chi connectivity index (χ4n) is 1.78. The molecule has 1 unspecified atom stereocenters. The summed E-state index contributed by atoms with van der Waals surface area (Å²) in [4.78, 5) is 54.0. The molecule has 0 fully saturated rings. The van der Waals surface area contributed by atoms with Crippen LogP contribution in [0.15, 0.2) is 36.4 Å². The van der Waals surface area contributed by atoms with Crippen molar-refractivity contribution in [3.05, 3.63) is 42.0 Å². The van der Waals surface area contributed by atoms with Crippen molar-refractivity contribution in [3.63, 3.8) is 0 Å². The van der Waals surface area contributed by atoms with Crippen molar-refractivity contribution in [2.75, 3.05) is 7.11 Å². The molecule has 13 heteroatoms. The fraction of sp³-hybridized carbons (Fsp3) is 0.214. The van der Waals surface area contributed by atoms with Gasteiger partial charge in [-0.3, -0.25) is 4.79 Å². The van der Waals surface area contributed by atoms with Gasteiger partial charge in [-0.2, -0.15) is 0 Å². The van der Waals surface area contributed by atoms with Crippen LogP contribution in [-0.4, -0.2) is 47.5 Å². The molecule has 152 valence electrons. The number of rotatable bonds is 3. The zero-order chi connectivity index (χ0) is 21.4. The lowest BCUT2D eigenvalue weighted by Gasteiger charge is -2.08. The van der Waals surface area contributed by atoms with Gasteiger partial charge in [0.1, 0.15) is 5.75 Å². The number of aliphatic carboxylic acids is 1. The minimum atomic E-state index is -4.64. The number of hydrogen-bond acceptors (Lipinski definition) is 4. The lowest BCUT2D eigenvalue weighted by atomic mass is 9.98. The molecule has 2 rings (SSSR count). The number of carbonyl (C=O) groups is 1. The Morgan fingerprint density at radius 2 is 1.30 bits per heavy atom. The van der Waals surface area contributed by atoms with Crippen LogP contribution in [0.2, 0.25) is 0 Å². The number of ether oxygens (including phenoxy) is 1. The number of methoxy groups -OCH3 is 1. The average molecular weight is 426 g/mol. The van der Waals surface area contributed by atoms with Gasteiger partial charge in [0.25, 0.3) is 0 Å². The van der Waals surface area contributed by atoms with Gasteiger partial charge in [-0.05, 0) is 35.4 Å². The Labute approximate surface area is 154 Å². The number of phosphoric acid groups is 2. The molecule has 0 aliphatic carbocycles. The van der Waals surface area contributed by atoms with Crippen molar-refractivity contribution >= 4 is 32.4 Å². The van der Waals surface area contributed by atoms with Gasteiger partial charge in [-0.15, -0.1) is 0 Å². The summed E-state index contributed by atoms with van der Waals surface area (Å²) in [6, 6.07) is 11.4. The summed E-state index contributed by atoms with van der Waals surface area (Å²) >= 11 is 0. The summed E-state index contributed by atoms with van der Waals surface area (Å²) in [5, 5.41) is 11.0.